The predicted octanol–water partition coefficient (Wildman–Crippen LogP) is 5.08. The number of carbonyl (C=O) groups is 2. The van der Waals surface area contributed by atoms with E-state index in [1.54, 1.807) is 29.6 Å². The largest absolute Gasteiger partial charge is 0.490 e. The Morgan fingerprint density at radius 1 is 1.12 bits per heavy atom. The molecule has 2 aromatic carbocycles. The number of fused-ring (bicyclic) bond motifs is 1. The molecule has 1 amide bonds. The first-order valence-corrected chi connectivity index (χ1v) is 10.7. The number of esters is 1. The maximum Gasteiger partial charge on any atom is 0.341 e. The number of carbonyl (C=O) groups excluding carboxylic acids is 2. The normalized spacial score (nSPS) is 10.7. The molecule has 32 heavy (non-hydrogen) atoms. The summed E-state index contributed by atoms with van der Waals surface area (Å²) in [7, 11) is 1.29. The van der Waals surface area contributed by atoms with Crippen LogP contribution in [0, 0.1) is 5.41 Å². The summed E-state index contributed by atoms with van der Waals surface area (Å²) < 4.78 is 16.1. The Morgan fingerprint density at radius 3 is 2.62 bits per heavy atom. The molecule has 162 valence electrons. The van der Waals surface area contributed by atoms with Crippen molar-refractivity contribution >= 4 is 39.2 Å². The Bertz CT molecular complexity index is 1360. The quantitative estimate of drug-likeness (QED) is 0.401. The first-order chi connectivity index (χ1) is 15.5. The molecule has 2 heterocycles. The molecule has 4 aromatic rings. The molecule has 4 rings (SSSR count). The summed E-state index contributed by atoms with van der Waals surface area (Å²) in [5.74, 6) is -0.616. The summed E-state index contributed by atoms with van der Waals surface area (Å²) in [5, 5.41) is 13.7. The van der Waals surface area contributed by atoms with Gasteiger partial charge < -0.3 is 19.2 Å². The molecule has 0 bridgehead atoms. The van der Waals surface area contributed by atoms with Crippen LogP contribution in [-0.2, 0) is 4.74 Å². The molecule has 2 aromatic heterocycles. The number of benzene rings is 2. The zero-order valence-electron chi connectivity index (χ0n) is 17.4. The number of hydrogen-bond acceptors (Lipinski definition) is 7. The molecular formula is C24H20N2O5S. The van der Waals surface area contributed by atoms with E-state index in [1.807, 2.05) is 37.3 Å². The van der Waals surface area contributed by atoms with Gasteiger partial charge in [-0.1, -0.05) is 42.5 Å². The van der Waals surface area contributed by atoms with Gasteiger partial charge in [0.05, 0.1) is 13.7 Å². The van der Waals surface area contributed by atoms with Gasteiger partial charge in [0.1, 0.15) is 16.1 Å². The second kappa shape index (κ2) is 9.07. The van der Waals surface area contributed by atoms with Crippen molar-refractivity contribution in [2.45, 2.75) is 6.92 Å². The number of para-hydroxylation sites is 1. The molecule has 0 aliphatic carbocycles. The molecule has 8 heteroatoms. The first-order valence-electron chi connectivity index (χ1n) is 9.84. The van der Waals surface area contributed by atoms with Crippen LogP contribution < -0.4 is 15.6 Å². The van der Waals surface area contributed by atoms with E-state index in [-0.39, 0.29) is 16.7 Å². The fourth-order valence-electron chi connectivity index (χ4n) is 3.33. The summed E-state index contributed by atoms with van der Waals surface area (Å²) in [4.78, 5) is 25.5. The fraction of sp³-hybridized carbons (Fsp3) is 0.125. The second-order valence-corrected chi connectivity index (χ2v) is 7.64. The lowest BCUT2D eigenvalue weighted by Gasteiger charge is -2.09. The zero-order chi connectivity index (χ0) is 22.7. The van der Waals surface area contributed by atoms with Crippen LogP contribution in [-0.4, -0.2) is 25.6 Å². The molecule has 0 saturated carbocycles. The molecule has 0 radical (unpaired) electrons. The number of ether oxygens (including phenoxy) is 2. The molecular weight excluding hydrogens is 428 g/mol. The van der Waals surface area contributed by atoms with E-state index in [2.05, 4.69) is 5.32 Å². The highest BCUT2D eigenvalue weighted by atomic mass is 32.1. The van der Waals surface area contributed by atoms with Crippen molar-refractivity contribution in [1.29, 1.82) is 5.41 Å². The average molecular weight is 449 g/mol. The smallest absolute Gasteiger partial charge is 0.341 e. The third-order valence-corrected chi connectivity index (χ3v) is 5.69. The number of nitrogens with one attached hydrogen (secondary N) is 2. The molecule has 0 aliphatic rings. The van der Waals surface area contributed by atoms with Gasteiger partial charge in [0.25, 0.3) is 5.91 Å². The maximum absolute atomic E-state index is 13.0. The monoisotopic (exact) mass is 448 g/mol. The molecule has 0 atom stereocenters. The molecule has 7 nitrogen and oxygen atoms in total. The number of hydrogen-bond donors (Lipinski definition) is 2. The van der Waals surface area contributed by atoms with Gasteiger partial charge in [-0.15, -0.1) is 11.3 Å². The van der Waals surface area contributed by atoms with E-state index < -0.39 is 11.9 Å². The lowest BCUT2D eigenvalue weighted by Crippen LogP contribution is -2.21. The average Bonchev–Trinajstić information content (AvgIpc) is 3.22. The Labute approximate surface area is 187 Å². The predicted molar refractivity (Wildman–Crippen MR) is 122 cm³/mol. The zero-order valence-corrected chi connectivity index (χ0v) is 18.2. The van der Waals surface area contributed by atoms with Gasteiger partial charge in [-0.05, 0) is 24.6 Å². The van der Waals surface area contributed by atoms with Gasteiger partial charge in [-0.2, -0.15) is 0 Å². The highest BCUT2D eigenvalue weighted by Gasteiger charge is 2.23. The summed E-state index contributed by atoms with van der Waals surface area (Å²) >= 11 is 1.21. The standard InChI is InChI=1S/C24H20N2O5S/c1-3-30-18-11-7-10-15-12-16(21(25)31-20(15)18)22(27)26-23-19(24(28)29-2)17(13-32-23)14-8-5-4-6-9-14/h4-13,25H,3H2,1-2H3,(H,26,27). The molecule has 0 spiro atoms. The van der Waals surface area contributed by atoms with Gasteiger partial charge in [0.15, 0.2) is 11.3 Å². The lowest BCUT2D eigenvalue weighted by atomic mass is 10.0. The summed E-state index contributed by atoms with van der Waals surface area (Å²) in [6, 6.07) is 16.2. The van der Waals surface area contributed by atoms with Crippen LogP contribution in [0.25, 0.3) is 22.1 Å². The second-order valence-electron chi connectivity index (χ2n) is 6.76. The molecule has 0 aliphatic heterocycles. The molecule has 2 N–H and O–H groups in total. The third-order valence-electron chi connectivity index (χ3n) is 4.79. The van der Waals surface area contributed by atoms with Crippen LogP contribution in [0.3, 0.4) is 0 Å². The van der Waals surface area contributed by atoms with Crippen LogP contribution in [0.1, 0.15) is 27.6 Å². The Hall–Kier alpha value is -3.91. The maximum atomic E-state index is 13.0. The molecule has 0 unspecified atom stereocenters. The van der Waals surface area contributed by atoms with Gasteiger partial charge in [0.2, 0.25) is 5.55 Å². The van der Waals surface area contributed by atoms with Crippen molar-refractivity contribution in [2.75, 3.05) is 19.0 Å². The first kappa shape index (κ1) is 21.3. The van der Waals surface area contributed by atoms with E-state index in [4.69, 9.17) is 19.3 Å². The Kier molecular flexibility index (Phi) is 6.04. The molecule has 0 fully saturated rings. The lowest BCUT2D eigenvalue weighted by molar-refractivity contribution is 0.0603. The van der Waals surface area contributed by atoms with Gasteiger partial charge in [-0.3, -0.25) is 10.2 Å². The Balaban J connectivity index is 1.72. The summed E-state index contributed by atoms with van der Waals surface area (Å²) in [5.41, 5.74) is 1.88. The number of thiophene rings is 1. The highest BCUT2D eigenvalue weighted by molar-refractivity contribution is 7.15. The number of rotatable bonds is 6. The summed E-state index contributed by atoms with van der Waals surface area (Å²) in [6.45, 7) is 2.30. The van der Waals surface area contributed by atoms with Gasteiger partial charge in [0, 0.05) is 16.3 Å². The van der Waals surface area contributed by atoms with Gasteiger partial charge in [-0.25, -0.2) is 4.79 Å². The minimum absolute atomic E-state index is 0.0385. The van der Waals surface area contributed by atoms with Crippen molar-refractivity contribution in [3.8, 4) is 16.9 Å². The third kappa shape index (κ3) is 4.00. The number of anilines is 1. The van der Waals surface area contributed by atoms with Crippen molar-refractivity contribution in [3.63, 3.8) is 0 Å². The van der Waals surface area contributed by atoms with Crippen molar-refractivity contribution in [3.05, 3.63) is 76.7 Å². The van der Waals surface area contributed by atoms with E-state index in [0.29, 0.717) is 33.9 Å². The van der Waals surface area contributed by atoms with E-state index in [0.717, 1.165) is 5.56 Å². The van der Waals surface area contributed by atoms with Gasteiger partial charge >= 0.3 is 5.97 Å². The van der Waals surface area contributed by atoms with E-state index in [9.17, 15) is 9.59 Å². The SMILES string of the molecule is CCOc1cccc2cc(C(=O)Nc3scc(-c4ccccc4)c3C(=O)OC)c(=N)oc12. The molecule has 0 saturated heterocycles. The van der Waals surface area contributed by atoms with Crippen LogP contribution in [0.15, 0.2) is 64.4 Å². The highest BCUT2D eigenvalue weighted by Crippen LogP contribution is 2.36. The van der Waals surface area contributed by atoms with Crippen molar-refractivity contribution in [1.82, 2.24) is 0 Å². The van der Waals surface area contributed by atoms with E-state index >= 15 is 0 Å². The van der Waals surface area contributed by atoms with Crippen LogP contribution >= 0.6 is 11.3 Å². The number of amides is 1. The van der Waals surface area contributed by atoms with Crippen molar-refractivity contribution < 1.29 is 23.5 Å². The summed E-state index contributed by atoms with van der Waals surface area (Å²) in [6.07, 6.45) is 0. The fourth-order valence-corrected chi connectivity index (χ4v) is 4.28. The topological polar surface area (TPSA) is 102 Å². The van der Waals surface area contributed by atoms with Crippen LogP contribution in [0.4, 0.5) is 5.00 Å². The Morgan fingerprint density at radius 2 is 1.91 bits per heavy atom. The van der Waals surface area contributed by atoms with Crippen LogP contribution in [0.2, 0.25) is 0 Å². The van der Waals surface area contributed by atoms with E-state index in [1.165, 1.54) is 18.4 Å². The van der Waals surface area contributed by atoms with Crippen LogP contribution in [0.5, 0.6) is 5.75 Å². The minimum Gasteiger partial charge on any atom is -0.490 e. The van der Waals surface area contributed by atoms with Crippen molar-refractivity contribution in [2.24, 2.45) is 0 Å². The minimum atomic E-state index is -0.561. The number of methoxy groups -OCH3 is 1.